The highest BCUT2D eigenvalue weighted by Gasteiger charge is 2.23. The first-order chi connectivity index (χ1) is 23.3. The number of nitrogens with zero attached hydrogens (tertiary/aromatic N) is 3. The third-order valence-corrected chi connectivity index (χ3v) is 9.53. The minimum Gasteiger partial charge on any atom is -0.481 e. The molecule has 2 fully saturated rings. The number of aryl methyl sites for hydroxylation is 1. The lowest BCUT2D eigenvalue weighted by Crippen LogP contribution is -2.25. The molecule has 1 amide bonds. The van der Waals surface area contributed by atoms with Crippen LogP contribution in [-0.4, -0.2) is 53.4 Å². The first-order valence-electron chi connectivity index (χ1n) is 16.4. The predicted molar refractivity (Wildman–Crippen MR) is 182 cm³/mol. The van der Waals surface area contributed by atoms with E-state index in [1.54, 1.807) is 50.7 Å². The molecular formula is C37H39ClFN5O4. The Kier molecular flexibility index (Phi) is 10.6. The summed E-state index contributed by atoms with van der Waals surface area (Å²) in [6.45, 7) is 1.28. The first kappa shape index (κ1) is 33.5. The zero-order valence-electron chi connectivity index (χ0n) is 27.2. The summed E-state index contributed by atoms with van der Waals surface area (Å²) in [5, 5.41) is 6.74. The van der Waals surface area contributed by atoms with Crippen molar-refractivity contribution in [2.75, 3.05) is 20.8 Å². The van der Waals surface area contributed by atoms with Gasteiger partial charge in [0.05, 0.1) is 36.8 Å². The molecule has 1 aliphatic heterocycles. The van der Waals surface area contributed by atoms with Crippen LogP contribution in [0.3, 0.4) is 0 Å². The van der Waals surface area contributed by atoms with Crippen LogP contribution >= 0.6 is 11.6 Å². The smallest absolute Gasteiger partial charge is 0.235 e. The van der Waals surface area contributed by atoms with Crippen LogP contribution in [0.2, 0.25) is 5.02 Å². The van der Waals surface area contributed by atoms with Crippen molar-refractivity contribution in [2.24, 2.45) is 5.92 Å². The maximum atomic E-state index is 16.3. The lowest BCUT2D eigenvalue weighted by Gasteiger charge is -2.15. The summed E-state index contributed by atoms with van der Waals surface area (Å²) in [6.07, 6.45) is 7.67. The number of amides is 1. The molecule has 4 aromatic rings. The second-order valence-electron chi connectivity index (χ2n) is 12.4. The fourth-order valence-corrected chi connectivity index (χ4v) is 6.88. The predicted octanol–water partition coefficient (Wildman–Crippen LogP) is 6.74. The Morgan fingerprint density at radius 2 is 1.67 bits per heavy atom. The van der Waals surface area contributed by atoms with Crippen LogP contribution in [0, 0.1) is 11.7 Å². The number of ketones is 1. The molecule has 2 aromatic heterocycles. The van der Waals surface area contributed by atoms with Gasteiger partial charge in [-0.2, -0.15) is 0 Å². The molecule has 6 rings (SSSR count). The summed E-state index contributed by atoms with van der Waals surface area (Å²) in [5.74, 6) is 1.15. The molecule has 0 spiro atoms. The highest BCUT2D eigenvalue weighted by molar-refractivity contribution is 6.36. The largest absolute Gasteiger partial charge is 0.481 e. The number of Topliss-reactive ketones (excluding diaryl/α,β-unsaturated/α-hetero) is 1. The molecule has 9 nitrogen and oxygen atoms in total. The highest BCUT2D eigenvalue weighted by atomic mass is 35.5. The SMILES string of the molecule is COc1nc(-c2cccc(-c3cccc(-c4cnc(CCC[C@@H]5CCC(=O)N5)c(OC)n4)c3Cl)c2F)ccc1CNC[C@@H]1CCC(=O)C1. The van der Waals surface area contributed by atoms with Gasteiger partial charge in [0.15, 0.2) is 0 Å². The molecule has 3 heterocycles. The molecule has 2 aromatic carbocycles. The maximum Gasteiger partial charge on any atom is 0.235 e. The van der Waals surface area contributed by atoms with Crippen LogP contribution in [0.15, 0.2) is 54.7 Å². The Bertz CT molecular complexity index is 1690. The minimum atomic E-state index is -0.458. The molecule has 0 unspecified atom stereocenters. The van der Waals surface area contributed by atoms with Gasteiger partial charge in [0.25, 0.3) is 0 Å². The molecule has 2 N–H and O–H groups in total. The van der Waals surface area contributed by atoms with Crippen molar-refractivity contribution in [3.63, 3.8) is 0 Å². The van der Waals surface area contributed by atoms with E-state index in [0.717, 1.165) is 43.5 Å². The van der Waals surface area contributed by atoms with E-state index < -0.39 is 5.82 Å². The number of rotatable bonds is 13. The van der Waals surface area contributed by atoms with Crippen LogP contribution in [0.4, 0.5) is 4.39 Å². The summed E-state index contributed by atoms with van der Waals surface area (Å²) in [4.78, 5) is 37.1. The number of benzene rings is 2. The van der Waals surface area contributed by atoms with Crippen LogP contribution in [0.1, 0.15) is 56.2 Å². The van der Waals surface area contributed by atoms with Gasteiger partial charge in [0.2, 0.25) is 17.7 Å². The number of nitrogens with one attached hydrogen (secondary N) is 2. The van der Waals surface area contributed by atoms with Gasteiger partial charge < -0.3 is 20.1 Å². The third kappa shape index (κ3) is 7.50. The van der Waals surface area contributed by atoms with Crippen LogP contribution < -0.4 is 20.1 Å². The molecule has 1 saturated carbocycles. The van der Waals surface area contributed by atoms with Crippen molar-refractivity contribution in [3.8, 4) is 45.4 Å². The molecule has 2 aliphatic rings. The lowest BCUT2D eigenvalue weighted by molar-refractivity contribution is -0.119. The van der Waals surface area contributed by atoms with Gasteiger partial charge in [-0.15, -0.1) is 0 Å². The monoisotopic (exact) mass is 671 g/mol. The van der Waals surface area contributed by atoms with E-state index in [-0.39, 0.29) is 11.9 Å². The van der Waals surface area contributed by atoms with E-state index in [0.29, 0.717) is 94.4 Å². The Morgan fingerprint density at radius 3 is 2.40 bits per heavy atom. The topological polar surface area (TPSA) is 115 Å². The van der Waals surface area contributed by atoms with E-state index in [1.165, 1.54) is 0 Å². The number of halogens is 2. The number of carbonyl (C=O) groups is 2. The average Bonchev–Trinajstić information content (AvgIpc) is 3.72. The van der Waals surface area contributed by atoms with Gasteiger partial charge in [0, 0.05) is 59.7 Å². The molecule has 1 saturated heterocycles. The molecule has 250 valence electrons. The van der Waals surface area contributed by atoms with Gasteiger partial charge in [-0.1, -0.05) is 48.0 Å². The van der Waals surface area contributed by atoms with E-state index in [2.05, 4.69) is 20.6 Å². The lowest BCUT2D eigenvalue weighted by atomic mass is 9.97. The zero-order chi connectivity index (χ0) is 33.6. The van der Waals surface area contributed by atoms with Crippen molar-refractivity contribution >= 4 is 23.3 Å². The van der Waals surface area contributed by atoms with Crippen molar-refractivity contribution in [1.29, 1.82) is 0 Å². The molecule has 0 bridgehead atoms. The average molecular weight is 672 g/mol. The van der Waals surface area contributed by atoms with Gasteiger partial charge in [0.1, 0.15) is 17.3 Å². The van der Waals surface area contributed by atoms with Gasteiger partial charge in [-0.3, -0.25) is 14.6 Å². The fourth-order valence-electron chi connectivity index (χ4n) is 6.55. The van der Waals surface area contributed by atoms with Gasteiger partial charge in [-0.25, -0.2) is 14.4 Å². The molecular weight excluding hydrogens is 633 g/mol. The second-order valence-corrected chi connectivity index (χ2v) is 12.8. The Balaban J connectivity index is 1.20. The summed E-state index contributed by atoms with van der Waals surface area (Å²) < 4.78 is 27.4. The number of methoxy groups -OCH3 is 2. The van der Waals surface area contributed by atoms with E-state index >= 15 is 4.39 Å². The Hall–Kier alpha value is -4.41. The number of hydrogen-bond acceptors (Lipinski definition) is 8. The first-order valence-corrected chi connectivity index (χ1v) is 16.8. The van der Waals surface area contributed by atoms with E-state index in [4.69, 9.17) is 26.1 Å². The fraction of sp³-hybridized carbons (Fsp3) is 0.378. The van der Waals surface area contributed by atoms with E-state index in [1.807, 2.05) is 18.2 Å². The number of pyridine rings is 1. The Morgan fingerprint density at radius 1 is 0.917 bits per heavy atom. The number of ether oxygens (including phenoxy) is 2. The molecule has 0 radical (unpaired) electrons. The van der Waals surface area contributed by atoms with Gasteiger partial charge >= 0.3 is 0 Å². The normalized spacial score (nSPS) is 17.5. The quantitative estimate of drug-likeness (QED) is 0.161. The molecule has 2 atom stereocenters. The molecule has 11 heteroatoms. The van der Waals surface area contributed by atoms with Crippen molar-refractivity contribution in [1.82, 2.24) is 25.6 Å². The Labute approximate surface area is 284 Å². The van der Waals surface area contributed by atoms with Crippen molar-refractivity contribution in [2.45, 2.75) is 64.0 Å². The number of hydrogen-bond donors (Lipinski definition) is 2. The minimum absolute atomic E-state index is 0.109. The molecule has 48 heavy (non-hydrogen) atoms. The highest BCUT2D eigenvalue weighted by Crippen LogP contribution is 2.39. The number of aromatic nitrogens is 3. The summed E-state index contributed by atoms with van der Waals surface area (Å²) >= 11 is 6.95. The van der Waals surface area contributed by atoms with Crippen LogP contribution in [0.5, 0.6) is 11.8 Å². The van der Waals surface area contributed by atoms with Crippen molar-refractivity contribution in [3.05, 3.63) is 76.8 Å². The van der Waals surface area contributed by atoms with Crippen LogP contribution in [0.25, 0.3) is 33.6 Å². The van der Waals surface area contributed by atoms with Crippen LogP contribution in [-0.2, 0) is 22.6 Å². The zero-order valence-corrected chi connectivity index (χ0v) is 27.9. The number of carbonyl (C=O) groups excluding carboxylic acids is 2. The summed E-state index contributed by atoms with van der Waals surface area (Å²) in [5.41, 5.74) is 4.28. The van der Waals surface area contributed by atoms with E-state index in [9.17, 15) is 9.59 Å². The summed E-state index contributed by atoms with van der Waals surface area (Å²) in [7, 11) is 3.10. The maximum absolute atomic E-state index is 16.3. The summed E-state index contributed by atoms with van der Waals surface area (Å²) in [6, 6.07) is 14.4. The third-order valence-electron chi connectivity index (χ3n) is 9.12. The second kappa shape index (κ2) is 15.2. The molecule has 1 aliphatic carbocycles. The van der Waals surface area contributed by atoms with Crippen molar-refractivity contribution < 1.29 is 23.5 Å². The van der Waals surface area contributed by atoms with Gasteiger partial charge in [-0.05, 0) is 56.7 Å². The standard InChI is InChI=1S/C37H39ClFN5O4/c1-47-36-23(20-40-19-22-12-15-25(45)18-22)13-16-30(43-36)29-10-5-8-27(35(29)39)26-7-4-9-28(34(26)38)32-21-41-31(37(44-32)48-2)11-3-6-24-14-17-33(46)42-24/h4-5,7-10,13,16,21-22,24,40H,3,6,11-12,14-15,17-20H2,1-2H3,(H,42,46)/t22-,24-/m1/s1.